The molecule has 20 heavy (non-hydrogen) atoms. The van der Waals surface area contributed by atoms with Gasteiger partial charge in [0.25, 0.3) is 0 Å². The number of hydrogen-bond donors (Lipinski definition) is 1. The van der Waals surface area contributed by atoms with Crippen LogP contribution in [0.15, 0.2) is 24.3 Å². The number of rotatable bonds is 8. The summed E-state index contributed by atoms with van der Waals surface area (Å²) in [6, 6.07) is 8.78. The number of fused-ring (bicyclic) bond motifs is 1. The first-order valence-corrected chi connectivity index (χ1v) is 7.46. The molecule has 4 heteroatoms. The van der Waals surface area contributed by atoms with E-state index < -0.39 is 0 Å². The molecule has 0 spiro atoms. The number of benzene rings is 1. The Kier molecular flexibility index (Phi) is 5.56. The Labute approximate surface area is 121 Å². The van der Waals surface area contributed by atoms with Crippen molar-refractivity contribution in [3.63, 3.8) is 0 Å². The lowest BCUT2D eigenvalue weighted by atomic mass is 10.1. The number of ether oxygens (including phenoxy) is 1. The maximum atomic E-state index is 5.32. The van der Waals surface area contributed by atoms with Crippen molar-refractivity contribution in [2.45, 2.75) is 39.3 Å². The molecule has 0 saturated carbocycles. The van der Waals surface area contributed by atoms with Crippen molar-refractivity contribution >= 4 is 10.9 Å². The first-order chi connectivity index (χ1) is 9.80. The maximum Gasteiger partial charge on any atom is 0.0719 e. The maximum absolute atomic E-state index is 5.32. The van der Waals surface area contributed by atoms with Crippen molar-refractivity contribution in [2.75, 3.05) is 20.3 Å². The van der Waals surface area contributed by atoms with Crippen LogP contribution in [0.5, 0.6) is 0 Å². The Balaban J connectivity index is 2.22. The van der Waals surface area contributed by atoms with E-state index in [-0.39, 0.29) is 0 Å². The van der Waals surface area contributed by atoms with E-state index in [2.05, 4.69) is 48.1 Å². The van der Waals surface area contributed by atoms with Crippen LogP contribution in [0, 0.1) is 0 Å². The van der Waals surface area contributed by atoms with Crippen molar-refractivity contribution in [1.29, 1.82) is 0 Å². The van der Waals surface area contributed by atoms with Crippen LogP contribution in [0.25, 0.3) is 10.9 Å². The van der Waals surface area contributed by atoms with Crippen molar-refractivity contribution < 1.29 is 4.74 Å². The third-order valence-electron chi connectivity index (χ3n) is 3.52. The number of aromatic nitrogens is 2. The van der Waals surface area contributed by atoms with Crippen molar-refractivity contribution in [1.82, 2.24) is 15.1 Å². The van der Waals surface area contributed by atoms with Crippen molar-refractivity contribution in [2.24, 2.45) is 0 Å². The quantitative estimate of drug-likeness (QED) is 0.805. The first-order valence-electron chi connectivity index (χ1n) is 7.46. The molecule has 1 aromatic heterocycles. The van der Waals surface area contributed by atoms with Gasteiger partial charge in [-0.05, 0) is 26.0 Å². The Bertz CT molecular complexity index is 536. The summed E-state index contributed by atoms with van der Waals surface area (Å²) in [5.74, 6) is 0. The minimum Gasteiger partial charge on any atom is -0.383 e. The predicted molar refractivity (Wildman–Crippen MR) is 83.1 cm³/mol. The van der Waals surface area contributed by atoms with Crippen molar-refractivity contribution in [3.8, 4) is 0 Å². The van der Waals surface area contributed by atoms with Crippen LogP contribution >= 0.6 is 0 Å². The zero-order chi connectivity index (χ0) is 14.4. The molecule has 0 aliphatic heterocycles. The summed E-state index contributed by atoms with van der Waals surface area (Å²) < 4.78 is 7.40. The zero-order valence-corrected chi connectivity index (χ0v) is 12.7. The second-order valence-electron chi connectivity index (χ2n) is 5.09. The number of nitrogens with one attached hydrogen (secondary N) is 1. The molecular weight excluding hydrogens is 250 g/mol. The third kappa shape index (κ3) is 3.38. The lowest BCUT2D eigenvalue weighted by Crippen LogP contribution is -2.35. The molecule has 1 aromatic carbocycles. The molecule has 0 bridgehead atoms. The summed E-state index contributed by atoms with van der Waals surface area (Å²) in [6.45, 7) is 6.94. The normalized spacial score (nSPS) is 12.9. The summed E-state index contributed by atoms with van der Waals surface area (Å²) >= 11 is 0. The summed E-state index contributed by atoms with van der Waals surface area (Å²) in [6.07, 6.45) is 2.03. The molecule has 2 aromatic rings. The molecule has 110 valence electrons. The third-order valence-corrected chi connectivity index (χ3v) is 3.52. The average molecular weight is 275 g/mol. The second kappa shape index (κ2) is 7.41. The number of hydrogen-bond acceptors (Lipinski definition) is 3. The molecule has 0 amide bonds. The Hall–Kier alpha value is -1.39. The van der Waals surface area contributed by atoms with E-state index in [9.17, 15) is 0 Å². The number of para-hydroxylation sites is 1. The Morgan fingerprint density at radius 2 is 2.10 bits per heavy atom. The van der Waals surface area contributed by atoms with Gasteiger partial charge >= 0.3 is 0 Å². The van der Waals surface area contributed by atoms with Gasteiger partial charge in [-0.2, -0.15) is 5.10 Å². The standard InChI is InChI=1S/C16H25N3O/c1-4-10-17-13(12-20-3)11-15-14-8-6-7-9-16(14)19(5-2)18-15/h6-9,13,17H,4-5,10-12H2,1-3H3. The SMILES string of the molecule is CCCNC(COC)Cc1nn(CC)c2ccccc12. The van der Waals surface area contributed by atoms with Crippen LogP contribution in [0.3, 0.4) is 0 Å². The number of nitrogens with zero attached hydrogens (tertiary/aromatic N) is 2. The van der Waals surface area contributed by atoms with Gasteiger partial charge in [0.1, 0.15) is 0 Å². The van der Waals surface area contributed by atoms with E-state index in [1.54, 1.807) is 7.11 Å². The molecule has 0 saturated heterocycles. The van der Waals surface area contributed by atoms with Crippen LogP contribution in [0.2, 0.25) is 0 Å². The number of methoxy groups -OCH3 is 1. The molecule has 1 N–H and O–H groups in total. The highest BCUT2D eigenvalue weighted by atomic mass is 16.5. The molecule has 0 aliphatic carbocycles. The van der Waals surface area contributed by atoms with Crippen LogP contribution in [0.1, 0.15) is 26.0 Å². The van der Waals surface area contributed by atoms with Crippen LogP contribution in [-0.2, 0) is 17.7 Å². The highest BCUT2D eigenvalue weighted by Crippen LogP contribution is 2.19. The highest BCUT2D eigenvalue weighted by molar-refractivity contribution is 5.82. The highest BCUT2D eigenvalue weighted by Gasteiger charge is 2.14. The minimum atomic E-state index is 0.323. The van der Waals surface area contributed by atoms with Gasteiger partial charge in [0.15, 0.2) is 0 Å². The van der Waals surface area contributed by atoms with Gasteiger partial charge in [-0.3, -0.25) is 4.68 Å². The molecule has 1 heterocycles. The monoisotopic (exact) mass is 275 g/mol. The van der Waals surface area contributed by atoms with Gasteiger partial charge in [-0.15, -0.1) is 0 Å². The van der Waals surface area contributed by atoms with Crippen molar-refractivity contribution in [3.05, 3.63) is 30.0 Å². The average Bonchev–Trinajstić information content (AvgIpc) is 2.83. The fourth-order valence-corrected chi connectivity index (χ4v) is 2.56. The van der Waals surface area contributed by atoms with Crippen LogP contribution in [-0.4, -0.2) is 36.1 Å². The molecule has 1 unspecified atom stereocenters. The predicted octanol–water partition coefficient (Wildman–Crippen LogP) is 2.61. The summed E-state index contributed by atoms with van der Waals surface area (Å²) in [7, 11) is 1.75. The van der Waals surface area contributed by atoms with Gasteiger partial charge in [0.05, 0.1) is 17.8 Å². The fourth-order valence-electron chi connectivity index (χ4n) is 2.56. The molecular formula is C16H25N3O. The van der Waals surface area contributed by atoms with Gasteiger partial charge in [-0.25, -0.2) is 0 Å². The second-order valence-corrected chi connectivity index (χ2v) is 5.09. The molecule has 1 atom stereocenters. The van der Waals surface area contributed by atoms with Crippen LogP contribution < -0.4 is 5.32 Å². The molecule has 4 nitrogen and oxygen atoms in total. The number of aryl methyl sites for hydroxylation is 1. The lowest BCUT2D eigenvalue weighted by molar-refractivity contribution is 0.165. The Morgan fingerprint density at radius 1 is 1.30 bits per heavy atom. The van der Waals surface area contributed by atoms with Gasteiger partial charge < -0.3 is 10.1 Å². The molecule has 0 radical (unpaired) electrons. The van der Waals surface area contributed by atoms with E-state index in [0.717, 1.165) is 31.6 Å². The molecule has 0 aliphatic rings. The van der Waals surface area contributed by atoms with Gasteiger partial charge in [0, 0.05) is 31.5 Å². The van der Waals surface area contributed by atoms with Gasteiger partial charge in [0.2, 0.25) is 0 Å². The topological polar surface area (TPSA) is 39.1 Å². The fraction of sp³-hybridized carbons (Fsp3) is 0.562. The summed E-state index contributed by atoms with van der Waals surface area (Å²) in [4.78, 5) is 0. The smallest absolute Gasteiger partial charge is 0.0719 e. The largest absolute Gasteiger partial charge is 0.383 e. The summed E-state index contributed by atoms with van der Waals surface area (Å²) in [5, 5.41) is 9.55. The Morgan fingerprint density at radius 3 is 2.80 bits per heavy atom. The van der Waals surface area contributed by atoms with E-state index in [4.69, 9.17) is 9.84 Å². The molecule has 0 fully saturated rings. The summed E-state index contributed by atoms with van der Waals surface area (Å²) in [5.41, 5.74) is 2.38. The molecule has 2 rings (SSSR count). The van der Waals surface area contributed by atoms with E-state index >= 15 is 0 Å². The lowest BCUT2D eigenvalue weighted by Gasteiger charge is -2.16. The minimum absolute atomic E-state index is 0.323. The van der Waals surface area contributed by atoms with Gasteiger partial charge in [-0.1, -0.05) is 25.1 Å². The zero-order valence-electron chi connectivity index (χ0n) is 12.7. The van der Waals surface area contributed by atoms with E-state index in [1.807, 2.05) is 0 Å². The van der Waals surface area contributed by atoms with E-state index in [0.29, 0.717) is 12.6 Å². The van der Waals surface area contributed by atoms with E-state index in [1.165, 1.54) is 10.9 Å². The first kappa shape index (κ1) is 15.0. The van der Waals surface area contributed by atoms with Crippen LogP contribution in [0.4, 0.5) is 0 Å².